The molecule has 0 bridgehead atoms. The van der Waals surface area contributed by atoms with E-state index in [-0.39, 0.29) is 24.3 Å². The topological polar surface area (TPSA) is 80.6 Å². The van der Waals surface area contributed by atoms with Gasteiger partial charge in [-0.3, -0.25) is 9.59 Å². The van der Waals surface area contributed by atoms with Crippen molar-refractivity contribution in [3.63, 3.8) is 0 Å². The van der Waals surface area contributed by atoms with Crippen molar-refractivity contribution in [1.82, 2.24) is 10.6 Å². The molecule has 0 saturated carbocycles. The zero-order chi connectivity index (χ0) is 13.4. The van der Waals surface area contributed by atoms with Crippen LogP contribution in [-0.2, 0) is 9.53 Å². The van der Waals surface area contributed by atoms with Gasteiger partial charge in [-0.25, -0.2) is 0 Å². The number of carbonyl (C=O) groups excluding carboxylic acids is 2. The first-order valence-electron chi connectivity index (χ1n) is 5.77. The first-order valence-corrected chi connectivity index (χ1v) is 5.77. The maximum absolute atomic E-state index is 11.5. The molecule has 6 nitrogen and oxygen atoms in total. The molecular formula is C12H18N2O4. The van der Waals surface area contributed by atoms with E-state index in [2.05, 4.69) is 10.6 Å². The van der Waals surface area contributed by atoms with Crippen molar-refractivity contribution in [2.75, 3.05) is 20.3 Å². The fraction of sp³-hybridized carbons (Fsp3) is 0.500. The summed E-state index contributed by atoms with van der Waals surface area (Å²) in [5.74, 6) is -0.472. The summed E-state index contributed by atoms with van der Waals surface area (Å²) < 4.78 is 9.87. The number of hydrogen-bond donors (Lipinski definition) is 2. The number of methoxy groups -OCH3 is 1. The van der Waals surface area contributed by atoms with Gasteiger partial charge in [0.15, 0.2) is 5.76 Å². The third-order valence-electron chi connectivity index (χ3n) is 2.38. The molecule has 1 atom stereocenters. The Morgan fingerprint density at radius 1 is 1.50 bits per heavy atom. The molecule has 1 unspecified atom stereocenters. The number of ether oxygens (including phenoxy) is 1. The first kappa shape index (κ1) is 14.2. The molecule has 1 rings (SSSR count). The molecule has 100 valence electrons. The fourth-order valence-corrected chi connectivity index (χ4v) is 1.40. The monoisotopic (exact) mass is 254 g/mol. The van der Waals surface area contributed by atoms with Crippen LogP contribution in [0.2, 0.25) is 0 Å². The van der Waals surface area contributed by atoms with E-state index in [1.807, 2.05) is 6.92 Å². The van der Waals surface area contributed by atoms with E-state index in [4.69, 9.17) is 9.15 Å². The lowest BCUT2D eigenvalue weighted by Gasteiger charge is -2.15. The fourth-order valence-electron chi connectivity index (χ4n) is 1.40. The molecule has 0 aromatic carbocycles. The molecule has 0 saturated heterocycles. The van der Waals surface area contributed by atoms with Gasteiger partial charge >= 0.3 is 0 Å². The van der Waals surface area contributed by atoms with E-state index in [0.29, 0.717) is 6.61 Å². The summed E-state index contributed by atoms with van der Waals surface area (Å²) in [6.07, 6.45) is 2.17. The van der Waals surface area contributed by atoms with E-state index in [1.165, 1.54) is 12.3 Å². The Bertz CT molecular complexity index is 375. The van der Waals surface area contributed by atoms with Crippen LogP contribution in [0.5, 0.6) is 0 Å². The molecule has 0 fully saturated rings. The van der Waals surface area contributed by atoms with Crippen molar-refractivity contribution < 1.29 is 18.7 Å². The van der Waals surface area contributed by atoms with Crippen LogP contribution < -0.4 is 10.6 Å². The molecule has 0 aliphatic carbocycles. The summed E-state index contributed by atoms with van der Waals surface area (Å²) in [6, 6.07) is 3.11. The van der Waals surface area contributed by atoms with Crippen molar-refractivity contribution in [3.8, 4) is 0 Å². The van der Waals surface area contributed by atoms with Gasteiger partial charge in [0.25, 0.3) is 5.91 Å². The Labute approximate surface area is 106 Å². The summed E-state index contributed by atoms with van der Waals surface area (Å²) in [5.41, 5.74) is 0. The van der Waals surface area contributed by atoms with Crippen LogP contribution in [0.4, 0.5) is 0 Å². The summed E-state index contributed by atoms with van der Waals surface area (Å²) in [6.45, 7) is 2.32. The number of hydrogen-bond acceptors (Lipinski definition) is 4. The molecular weight excluding hydrogens is 236 g/mol. The minimum absolute atomic E-state index is 0.0389. The van der Waals surface area contributed by atoms with Gasteiger partial charge in [-0.2, -0.15) is 0 Å². The minimum Gasteiger partial charge on any atom is -0.459 e. The third kappa shape index (κ3) is 4.58. The van der Waals surface area contributed by atoms with Crippen molar-refractivity contribution in [3.05, 3.63) is 24.2 Å². The van der Waals surface area contributed by atoms with Crippen LogP contribution in [0, 0.1) is 0 Å². The molecule has 18 heavy (non-hydrogen) atoms. The van der Waals surface area contributed by atoms with E-state index < -0.39 is 5.91 Å². The smallest absolute Gasteiger partial charge is 0.287 e. The summed E-state index contributed by atoms with van der Waals surface area (Å²) >= 11 is 0. The van der Waals surface area contributed by atoms with Crippen LogP contribution in [0.3, 0.4) is 0 Å². The maximum Gasteiger partial charge on any atom is 0.287 e. The van der Waals surface area contributed by atoms with Gasteiger partial charge in [-0.1, -0.05) is 6.92 Å². The molecule has 6 heteroatoms. The summed E-state index contributed by atoms with van der Waals surface area (Å²) in [5, 5.41) is 5.23. The molecule has 2 N–H and O–H groups in total. The summed E-state index contributed by atoms with van der Waals surface area (Å²) in [4.78, 5) is 23.0. The van der Waals surface area contributed by atoms with Gasteiger partial charge in [0.1, 0.15) is 0 Å². The lowest BCUT2D eigenvalue weighted by molar-refractivity contribution is -0.121. The second-order valence-corrected chi connectivity index (χ2v) is 3.79. The molecule has 0 radical (unpaired) electrons. The summed E-state index contributed by atoms with van der Waals surface area (Å²) in [7, 11) is 1.58. The molecule has 0 aliphatic heterocycles. The predicted octanol–water partition coefficient (Wildman–Crippen LogP) is 0.551. The van der Waals surface area contributed by atoms with Crippen LogP contribution in [0.15, 0.2) is 22.8 Å². The molecule has 1 aromatic rings. The van der Waals surface area contributed by atoms with Gasteiger partial charge in [-0.15, -0.1) is 0 Å². The number of nitrogens with one attached hydrogen (secondary N) is 2. The SMILES string of the molecule is CCC(COC)NC(=O)CNC(=O)c1ccco1. The zero-order valence-corrected chi connectivity index (χ0v) is 10.6. The average molecular weight is 254 g/mol. The lowest BCUT2D eigenvalue weighted by Crippen LogP contribution is -2.43. The third-order valence-corrected chi connectivity index (χ3v) is 2.38. The molecule has 2 amide bonds. The quantitative estimate of drug-likeness (QED) is 0.744. The standard InChI is InChI=1S/C12H18N2O4/c1-3-9(8-17-2)14-11(15)7-13-12(16)10-5-4-6-18-10/h4-6,9H,3,7-8H2,1-2H3,(H,13,16)(H,14,15). The molecule has 1 aromatic heterocycles. The molecule has 1 heterocycles. The Hall–Kier alpha value is -1.82. The second-order valence-electron chi connectivity index (χ2n) is 3.79. The Morgan fingerprint density at radius 2 is 2.28 bits per heavy atom. The van der Waals surface area contributed by atoms with Crippen LogP contribution >= 0.6 is 0 Å². The van der Waals surface area contributed by atoms with Gasteiger partial charge in [0.05, 0.1) is 25.5 Å². The van der Waals surface area contributed by atoms with E-state index in [9.17, 15) is 9.59 Å². The average Bonchev–Trinajstić information content (AvgIpc) is 2.89. The van der Waals surface area contributed by atoms with Crippen molar-refractivity contribution in [2.45, 2.75) is 19.4 Å². The van der Waals surface area contributed by atoms with Gasteiger partial charge in [0.2, 0.25) is 5.91 Å². The second kappa shape index (κ2) is 7.50. The largest absolute Gasteiger partial charge is 0.459 e. The van der Waals surface area contributed by atoms with E-state index >= 15 is 0 Å². The van der Waals surface area contributed by atoms with Gasteiger partial charge in [-0.05, 0) is 18.6 Å². The lowest BCUT2D eigenvalue weighted by atomic mass is 10.2. The molecule has 0 spiro atoms. The Kier molecular flexibility index (Phi) is 5.93. The zero-order valence-electron chi connectivity index (χ0n) is 10.6. The van der Waals surface area contributed by atoms with E-state index in [0.717, 1.165) is 6.42 Å². The predicted molar refractivity (Wildman–Crippen MR) is 65.1 cm³/mol. The highest BCUT2D eigenvalue weighted by molar-refractivity contribution is 5.94. The number of carbonyl (C=O) groups is 2. The number of furan rings is 1. The van der Waals surface area contributed by atoms with Gasteiger partial charge < -0.3 is 19.8 Å². The van der Waals surface area contributed by atoms with Crippen LogP contribution in [0.1, 0.15) is 23.9 Å². The van der Waals surface area contributed by atoms with Crippen molar-refractivity contribution in [1.29, 1.82) is 0 Å². The van der Waals surface area contributed by atoms with Crippen molar-refractivity contribution >= 4 is 11.8 Å². The van der Waals surface area contributed by atoms with Crippen molar-refractivity contribution in [2.24, 2.45) is 0 Å². The highest BCUT2D eigenvalue weighted by Gasteiger charge is 2.13. The number of amides is 2. The minimum atomic E-state index is -0.407. The Balaban J connectivity index is 2.30. The van der Waals surface area contributed by atoms with Crippen LogP contribution in [0.25, 0.3) is 0 Å². The van der Waals surface area contributed by atoms with E-state index in [1.54, 1.807) is 13.2 Å². The van der Waals surface area contributed by atoms with Crippen LogP contribution in [-0.4, -0.2) is 38.1 Å². The molecule has 0 aliphatic rings. The van der Waals surface area contributed by atoms with Gasteiger partial charge in [0, 0.05) is 7.11 Å². The highest BCUT2D eigenvalue weighted by atomic mass is 16.5. The maximum atomic E-state index is 11.5. The number of rotatable bonds is 7. The Morgan fingerprint density at radius 3 is 2.83 bits per heavy atom. The highest BCUT2D eigenvalue weighted by Crippen LogP contribution is 1.98. The normalized spacial score (nSPS) is 11.9. The first-order chi connectivity index (χ1) is 8.67.